The van der Waals surface area contributed by atoms with Gasteiger partial charge in [-0.15, -0.1) is 0 Å². The lowest BCUT2D eigenvalue weighted by molar-refractivity contribution is -0.135. The third-order valence-electron chi connectivity index (χ3n) is 2.19. The molecule has 0 aromatic heterocycles. The molecule has 1 aliphatic rings. The summed E-state index contributed by atoms with van der Waals surface area (Å²) in [7, 11) is 1.32. The van der Waals surface area contributed by atoms with Crippen LogP contribution in [-0.4, -0.2) is 30.8 Å². The second kappa shape index (κ2) is 5.71. The zero-order valence-electron chi connectivity index (χ0n) is 11.1. The molecule has 0 aromatic rings. The predicted molar refractivity (Wildman–Crippen MR) is 67.0 cm³/mol. The summed E-state index contributed by atoms with van der Waals surface area (Å²) >= 11 is 0. The van der Waals surface area contributed by atoms with Crippen LogP contribution < -0.4 is 5.32 Å². The molecule has 0 heterocycles. The Morgan fingerprint density at radius 2 is 2.06 bits per heavy atom. The van der Waals surface area contributed by atoms with Crippen molar-refractivity contribution in [1.82, 2.24) is 5.32 Å². The smallest absolute Gasteiger partial charge is 0.408 e. The zero-order chi connectivity index (χ0) is 13.8. The van der Waals surface area contributed by atoms with Crippen molar-refractivity contribution in [2.75, 3.05) is 7.11 Å². The minimum absolute atomic E-state index is 0.251. The molecule has 0 saturated carbocycles. The Bertz CT molecular complexity index is 390. The minimum atomic E-state index is -0.538. The van der Waals surface area contributed by atoms with Crippen molar-refractivity contribution < 1.29 is 19.1 Å². The third-order valence-corrected chi connectivity index (χ3v) is 2.19. The molecular weight excluding hydrogens is 234 g/mol. The average Bonchev–Trinajstić information content (AvgIpc) is 2.25. The molecule has 1 unspecified atom stereocenters. The molecule has 0 aromatic carbocycles. The largest absolute Gasteiger partial charge is 0.465 e. The van der Waals surface area contributed by atoms with Crippen molar-refractivity contribution in [1.29, 1.82) is 0 Å². The molecule has 18 heavy (non-hydrogen) atoms. The van der Waals surface area contributed by atoms with Gasteiger partial charge in [-0.3, -0.25) is 0 Å². The normalized spacial score (nSPS) is 18.9. The minimum Gasteiger partial charge on any atom is -0.465 e. The molecule has 0 bridgehead atoms. The number of carbonyl (C=O) groups is 2. The molecule has 0 aliphatic heterocycles. The van der Waals surface area contributed by atoms with E-state index in [1.165, 1.54) is 7.11 Å². The van der Waals surface area contributed by atoms with Gasteiger partial charge in [0.1, 0.15) is 5.60 Å². The quantitative estimate of drug-likeness (QED) is 0.764. The van der Waals surface area contributed by atoms with Gasteiger partial charge in [0.15, 0.2) is 0 Å². The average molecular weight is 253 g/mol. The first-order valence-electron chi connectivity index (χ1n) is 5.78. The third kappa shape index (κ3) is 4.61. The van der Waals surface area contributed by atoms with Crippen LogP contribution in [0, 0.1) is 0 Å². The molecule has 1 atom stereocenters. The number of methoxy groups -OCH3 is 1. The van der Waals surface area contributed by atoms with E-state index in [1.807, 2.05) is 6.08 Å². The zero-order valence-corrected chi connectivity index (χ0v) is 11.1. The molecule has 100 valence electrons. The van der Waals surface area contributed by atoms with Crippen molar-refractivity contribution in [3.8, 4) is 0 Å². The first-order chi connectivity index (χ1) is 8.31. The van der Waals surface area contributed by atoms with E-state index in [0.717, 1.165) is 0 Å². The maximum absolute atomic E-state index is 11.6. The fourth-order valence-electron chi connectivity index (χ4n) is 1.50. The fourth-order valence-corrected chi connectivity index (χ4v) is 1.50. The van der Waals surface area contributed by atoms with E-state index in [1.54, 1.807) is 32.9 Å². The highest BCUT2D eigenvalue weighted by Crippen LogP contribution is 2.13. The number of carbonyl (C=O) groups excluding carboxylic acids is 2. The van der Waals surface area contributed by atoms with Gasteiger partial charge in [-0.25, -0.2) is 9.59 Å². The van der Waals surface area contributed by atoms with E-state index in [0.29, 0.717) is 12.0 Å². The Kier molecular flexibility index (Phi) is 4.53. The van der Waals surface area contributed by atoms with E-state index in [-0.39, 0.29) is 6.04 Å². The predicted octanol–water partition coefficient (Wildman–Crippen LogP) is 1.94. The van der Waals surface area contributed by atoms with Crippen molar-refractivity contribution >= 4 is 12.1 Å². The molecule has 0 fully saturated rings. The molecule has 0 spiro atoms. The lowest BCUT2D eigenvalue weighted by atomic mass is 10.0. The van der Waals surface area contributed by atoms with E-state index in [2.05, 4.69) is 10.1 Å². The van der Waals surface area contributed by atoms with E-state index in [4.69, 9.17) is 4.74 Å². The molecule has 1 aliphatic carbocycles. The summed E-state index contributed by atoms with van der Waals surface area (Å²) in [5.41, 5.74) is -0.103. The van der Waals surface area contributed by atoms with Crippen LogP contribution in [0.4, 0.5) is 4.79 Å². The van der Waals surface area contributed by atoms with Crippen LogP contribution in [0.3, 0.4) is 0 Å². The number of esters is 1. The monoisotopic (exact) mass is 253 g/mol. The first kappa shape index (κ1) is 14.3. The highest BCUT2D eigenvalue weighted by Gasteiger charge is 2.20. The second-order valence-electron chi connectivity index (χ2n) is 5.00. The van der Waals surface area contributed by atoms with Crippen LogP contribution in [-0.2, 0) is 14.3 Å². The number of amides is 1. The van der Waals surface area contributed by atoms with Crippen LogP contribution in [0.2, 0.25) is 0 Å². The first-order valence-corrected chi connectivity index (χ1v) is 5.78. The van der Waals surface area contributed by atoms with Gasteiger partial charge in [0, 0.05) is 0 Å². The molecule has 1 amide bonds. The number of rotatable bonds is 2. The SMILES string of the molecule is COC(=O)C1=CC(NC(=O)OC(C)(C)C)CC=C1. The number of ether oxygens (including phenoxy) is 2. The molecular formula is C13H19NO4. The highest BCUT2D eigenvalue weighted by atomic mass is 16.6. The topological polar surface area (TPSA) is 64.6 Å². The second-order valence-corrected chi connectivity index (χ2v) is 5.00. The van der Waals surface area contributed by atoms with Gasteiger partial charge in [-0.1, -0.05) is 12.2 Å². The Morgan fingerprint density at radius 1 is 1.39 bits per heavy atom. The van der Waals surface area contributed by atoms with Crippen molar-refractivity contribution in [3.05, 3.63) is 23.8 Å². The van der Waals surface area contributed by atoms with Crippen LogP contribution >= 0.6 is 0 Å². The Morgan fingerprint density at radius 3 is 2.61 bits per heavy atom. The summed E-state index contributed by atoms with van der Waals surface area (Å²) in [5.74, 6) is -0.415. The van der Waals surface area contributed by atoms with Crippen molar-refractivity contribution in [2.45, 2.75) is 38.8 Å². The van der Waals surface area contributed by atoms with Gasteiger partial charge < -0.3 is 14.8 Å². The lowest BCUT2D eigenvalue weighted by Crippen LogP contribution is -2.38. The maximum Gasteiger partial charge on any atom is 0.408 e. The molecule has 5 heteroatoms. The lowest BCUT2D eigenvalue weighted by Gasteiger charge is -2.23. The van der Waals surface area contributed by atoms with Gasteiger partial charge >= 0.3 is 12.1 Å². The maximum atomic E-state index is 11.6. The summed E-state index contributed by atoms with van der Waals surface area (Å²) in [4.78, 5) is 22.9. The Balaban J connectivity index is 2.59. The van der Waals surface area contributed by atoms with Crippen LogP contribution in [0.15, 0.2) is 23.8 Å². The summed E-state index contributed by atoms with van der Waals surface area (Å²) in [6.45, 7) is 5.38. The summed E-state index contributed by atoms with van der Waals surface area (Å²) in [6.07, 6.45) is 5.28. The number of hydrogen-bond donors (Lipinski definition) is 1. The summed E-state index contributed by atoms with van der Waals surface area (Å²) in [5, 5.41) is 2.69. The molecule has 0 saturated heterocycles. The van der Waals surface area contributed by atoms with E-state index in [9.17, 15) is 9.59 Å². The Hall–Kier alpha value is -1.78. The van der Waals surface area contributed by atoms with Crippen molar-refractivity contribution in [2.24, 2.45) is 0 Å². The van der Waals surface area contributed by atoms with Gasteiger partial charge in [0.25, 0.3) is 0 Å². The highest BCUT2D eigenvalue weighted by molar-refractivity contribution is 5.92. The fraction of sp³-hybridized carbons (Fsp3) is 0.538. The molecule has 5 nitrogen and oxygen atoms in total. The summed E-state index contributed by atoms with van der Waals surface area (Å²) < 4.78 is 9.76. The molecule has 0 radical (unpaired) electrons. The van der Waals surface area contributed by atoms with Crippen LogP contribution in [0.1, 0.15) is 27.2 Å². The number of nitrogens with one attached hydrogen (secondary N) is 1. The van der Waals surface area contributed by atoms with Crippen molar-refractivity contribution in [3.63, 3.8) is 0 Å². The molecule has 1 rings (SSSR count). The van der Waals surface area contributed by atoms with Crippen LogP contribution in [0.25, 0.3) is 0 Å². The van der Waals surface area contributed by atoms with Gasteiger partial charge in [-0.2, -0.15) is 0 Å². The van der Waals surface area contributed by atoms with Gasteiger partial charge in [0.05, 0.1) is 18.7 Å². The van der Waals surface area contributed by atoms with Crippen LogP contribution in [0.5, 0.6) is 0 Å². The van der Waals surface area contributed by atoms with E-state index >= 15 is 0 Å². The van der Waals surface area contributed by atoms with E-state index < -0.39 is 17.7 Å². The molecule has 1 N–H and O–H groups in total. The standard InChI is InChI=1S/C13H19NO4/c1-13(2,3)18-12(16)14-10-7-5-6-9(8-10)11(15)17-4/h5-6,8,10H,7H2,1-4H3,(H,14,16). The summed E-state index contributed by atoms with van der Waals surface area (Å²) in [6, 6.07) is -0.251. The number of hydrogen-bond acceptors (Lipinski definition) is 4. The Labute approximate surface area is 107 Å². The number of alkyl carbamates (subject to hydrolysis) is 1. The van der Waals surface area contributed by atoms with Gasteiger partial charge in [-0.05, 0) is 33.3 Å². The van der Waals surface area contributed by atoms with Gasteiger partial charge in [0.2, 0.25) is 0 Å².